The third kappa shape index (κ3) is 5.21. The summed E-state index contributed by atoms with van der Waals surface area (Å²) in [5.41, 5.74) is 2.67. The molecule has 0 bridgehead atoms. The number of hydrogen-bond donors (Lipinski definition) is 2. The van der Waals surface area contributed by atoms with Gasteiger partial charge in [0.2, 0.25) is 0 Å². The largest absolute Gasteiger partial charge is 0.484 e. The summed E-state index contributed by atoms with van der Waals surface area (Å²) in [5, 5.41) is 6.11. The van der Waals surface area contributed by atoms with Crippen LogP contribution in [0.5, 0.6) is 5.75 Å². The number of halogens is 1. The molecule has 0 aromatic heterocycles. The normalized spacial score (nSPS) is 15.1. The van der Waals surface area contributed by atoms with Crippen molar-refractivity contribution in [1.82, 2.24) is 10.6 Å². The summed E-state index contributed by atoms with van der Waals surface area (Å²) in [6.07, 6.45) is 2.39. The molecule has 1 aromatic carbocycles. The van der Waals surface area contributed by atoms with Gasteiger partial charge in [-0.25, -0.2) is 0 Å². The van der Waals surface area contributed by atoms with E-state index in [9.17, 15) is 4.79 Å². The van der Waals surface area contributed by atoms with Gasteiger partial charge in [0.05, 0.1) is 0 Å². The molecule has 1 aromatic rings. The van der Waals surface area contributed by atoms with Crippen molar-refractivity contribution in [2.75, 3.05) is 26.2 Å². The van der Waals surface area contributed by atoms with Gasteiger partial charge in [-0.1, -0.05) is 6.07 Å². The Balaban J connectivity index is 0.00000220. The van der Waals surface area contributed by atoms with Crippen LogP contribution in [0.25, 0.3) is 0 Å². The molecule has 0 saturated carbocycles. The first-order valence-electron chi connectivity index (χ1n) is 7.41. The van der Waals surface area contributed by atoms with Crippen LogP contribution in [0.2, 0.25) is 0 Å². The number of benzene rings is 1. The molecule has 0 unspecified atom stereocenters. The third-order valence-electron chi connectivity index (χ3n) is 3.76. The van der Waals surface area contributed by atoms with Gasteiger partial charge in [0.15, 0.2) is 6.61 Å². The number of rotatable bonds is 5. The quantitative estimate of drug-likeness (QED) is 0.878. The minimum absolute atomic E-state index is 0. The van der Waals surface area contributed by atoms with Crippen LogP contribution in [0.3, 0.4) is 0 Å². The van der Waals surface area contributed by atoms with Crippen molar-refractivity contribution in [3.05, 3.63) is 29.3 Å². The molecule has 0 radical (unpaired) electrons. The number of nitrogens with one attached hydrogen (secondary N) is 2. The number of carbonyl (C=O) groups is 1. The summed E-state index contributed by atoms with van der Waals surface area (Å²) in [6, 6.07) is 6.17. The molecular weight excluding hydrogens is 288 g/mol. The minimum atomic E-state index is -0.0763. The number of hydrogen-bond acceptors (Lipinski definition) is 3. The zero-order valence-electron chi connectivity index (χ0n) is 12.8. The van der Waals surface area contributed by atoms with Crippen LogP contribution in [0.1, 0.15) is 36.8 Å². The lowest BCUT2D eigenvalue weighted by atomic mass is 9.87. The molecule has 1 aliphatic rings. The summed E-state index contributed by atoms with van der Waals surface area (Å²) in [7, 11) is 0. The van der Waals surface area contributed by atoms with E-state index in [1.165, 1.54) is 24.0 Å². The molecule has 1 amide bonds. The van der Waals surface area contributed by atoms with E-state index < -0.39 is 0 Å². The molecule has 2 N–H and O–H groups in total. The number of amides is 1. The Kier molecular flexibility index (Phi) is 7.54. The predicted octanol–water partition coefficient (Wildman–Crippen LogP) is 2.40. The Morgan fingerprint density at radius 1 is 1.38 bits per heavy atom. The molecule has 0 aliphatic carbocycles. The van der Waals surface area contributed by atoms with Gasteiger partial charge in [0.1, 0.15) is 5.75 Å². The van der Waals surface area contributed by atoms with E-state index in [2.05, 4.69) is 23.6 Å². The van der Waals surface area contributed by atoms with Crippen molar-refractivity contribution in [3.8, 4) is 5.75 Å². The highest BCUT2D eigenvalue weighted by atomic mass is 35.5. The number of piperidine rings is 1. The summed E-state index contributed by atoms with van der Waals surface area (Å²) in [4.78, 5) is 11.4. The van der Waals surface area contributed by atoms with E-state index in [-0.39, 0.29) is 24.9 Å². The first-order chi connectivity index (χ1) is 9.70. The van der Waals surface area contributed by atoms with Crippen molar-refractivity contribution >= 4 is 18.3 Å². The zero-order valence-corrected chi connectivity index (χ0v) is 13.6. The molecule has 0 spiro atoms. The fourth-order valence-electron chi connectivity index (χ4n) is 2.73. The van der Waals surface area contributed by atoms with Crippen molar-refractivity contribution < 1.29 is 9.53 Å². The Hall–Kier alpha value is -1.26. The summed E-state index contributed by atoms with van der Waals surface area (Å²) in [5.74, 6) is 1.34. The summed E-state index contributed by atoms with van der Waals surface area (Å²) >= 11 is 0. The number of aryl methyl sites for hydroxylation is 1. The van der Waals surface area contributed by atoms with Gasteiger partial charge in [-0.3, -0.25) is 4.79 Å². The Morgan fingerprint density at radius 3 is 2.71 bits per heavy atom. The fourth-order valence-corrected chi connectivity index (χ4v) is 2.73. The maximum atomic E-state index is 11.4. The van der Waals surface area contributed by atoms with Crippen molar-refractivity contribution in [3.63, 3.8) is 0 Å². The highest BCUT2D eigenvalue weighted by Crippen LogP contribution is 2.29. The molecule has 118 valence electrons. The molecule has 21 heavy (non-hydrogen) atoms. The topological polar surface area (TPSA) is 50.4 Å². The Morgan fingerprint density at radius 2 is 2.10 bits per heavy atom. The molecule has 1 heterocycles. The molecule has 0 atom stereocenters. The van der Waals surface area contributed by atoms with Crippen molar-refractivity contribution in [2.45, 2.75) is 32.6 Å². The molecule has 1 fully saturated rings. The van der Waals surface area contributed by atoms with Crippen LogP contribution >= 0.6 is 12.4 Å². The average Bonchev–Trinajstić information content (AvgIpc) is 2.46. The highest BCUT2D eigenvalue weighted by Gasteiger charge is 2.17. The first kappa shape index (κ1) is 17.8. The van der Waals surface area contributed by atoms with Gasteiger partial charge in [0.25, 0.3) is 5.91 Å². The van der Waals surface area contributed by atoms with E-state index in [1.807, 2.05) is 19.1 Å². The van der Waals surface area contributed by atoms with Crippen LogP contribution in [0, 0.1) is 6.92 Å². The van der Waals surface area contributed by atoms with E-state index in [4.69, 9.17) is 4.74 Å². The number of carbonyl (C=O) groups excluding carboxylic acids is 1. The fraction of sp³-hybridized carbons (Fsp3) is 0.562. The number of ether oxygens (including phenoxy) is 1. The zero-order chi connectivity index (χ0) is 14.4. The molecule has 2 rings (SSSR count). The average molecular weight is 313 g/mol. The Labute approximate surface area is 133 Å². The van der Waals surface area contributed by atoms with Gasteiger partial charge < -0.3 is 15.4 Å². The predicted molar refractivity (Wildman–Crippen MR) is 87.5 cm³/mol. The van der Waals surface area contributed by atoms with Crippen LogP contribution in [-0.2, 0) is 4.79 Å². The van der Waals surface area contributed by atoms with Crippen LogP contribution in [0.4, 0.5) is 0 Å². The molecule has 5 heteroatoms. The SMILES string of the molecule is CCNC(=O)COc1ccc(C2CCNCC2)c(C)c1.Cl. The van der Waals surface area contributed by atoms with Crippen LogP contribution < -0.4 is 15.4 Å². The maximum Gasteiger partial charge on any atom is 0.257 e. The van der Waals surface area contributed by atoms with Gasteiger partial charge in [-0.15, -0.1) is 12.4 Å². The van der Waals surface area contributed by atoms with Gasteiger partial charge in [0, 0.05) is 6.54 Å². The minimum Gasteiger partial charge on any atom is -0.484 e. The van der Waals surface area contributed by atoms with Gasteiger partial charge in [-0.05, 0) is 69.0 Å². The molecule has 1 aliphatic heterocycles. The lowest BCUT2D eigenvalue weighted by molar-refractivity contribution is -0.122. The van der Waals surface area contributed by atoms with E-state index >= 15 is 0 Å². The van der Waals surface area contributed by atoms with Crippen molar-refractivity contribution in [1.29, 1.82) is 0 Å². The maximum absolute atomic E-state index is 11.4. The third-order valence-corrected chi connectivity index (χ3v) is 3.76. The van der Waals surface area contributed by atoms with Crippen LogP contribution in [0.15, 0.2) is 18.2 Å². The van der Waals surface area contributed by atoms with Gasteiger partial charge >= 0.3 is 0 Å². The standard InChI is InChI=1S/C16H24N2O2.ClH/c1-3-18-16(19)11-20-14-4-5-15(12(2)10-14)13-6-8-17-9-7-13;/h4-5,10,13,17H,3,6-9,11H2,1-2H3,(H,18,19);1H. The lowest BCUT2D eigenvalue weighted by Crippen LogP contribution is -2.28. The smallest absolute Gasteiger partial charge is 0.257 e. The van der Waals surface area contributed by atoms with E-state index in [0.717, 1.165) is 18.8 Å². The van der Waals surface area contributed by atoms with Gasteiger partial charge in [-0.2, -0.15) is 0 Å². The summed E-state index contributed by atoms with van der Waals surface area (Å²) < 4.78 is 5.52. The second-order valence-corrected chi connectivity index (χ2v) is 5.28. The first-order valence-corrected chi connectivity index (χ1v) is 7.41. The second kappa shape index (κ2) is 8.90. The van der Waals surface area contributed by atoms with E-state index in [0.29, 0.717) is 12.5 Å². The van der Waals surface area contributed by atoms with Crippen LogP contribution in [-0.4, -0.2) is 32.1 Å². The van der Waals surface area contributed by atoms with E-state index in [1.54, 1.807) is 0 Å². The molecular formula is C16H25ClN2O2. The monoisotopic (exact) mass is 312 g/mol. The lowest BCUT2D eigenvalue weighted by Gasteiger charge is -2.24. The molecule has 1 saturated heterocycles. The second-order valence-electron chi connectivity index (χ2n) is 5.28. The summed E-state index contributed by atoms with van der Waals surface area (Å²) in [6.45, 7) is 6.93. The Bertz CT molecular complexity index is 460. The molecule has 4 nitrogen and oxygen atoms in total. The highest BCUT2D eigenvalue weighted by molar-refractivity contribution is 5.85. The number of likely N-dealkylation sites (N-methyl/N-ethyl adjacent to an activating group) is 1. The van der Waals surface area contributed by atoms with Crippen molar-refractivity contribution in [2.24, 2.45) is 0 Å².